The molecular formula is C12H25NO2. The van der Waals surface area contributed by atoms with E-state index in [2.05, 4.69) is 12.2 Å². The summed E-state index contributed by atoms with van der Waals surface area (Å²) in [4.78, 5) is 11.4. The van der Waals surface area contributed by atoms with Gasteiger partial charge >= 0.3 is 5.97 Å². The smallest absolute Gasteiger partial charge is 0.308 e. The first-order chi connectivity index (χ1) is 7.26. The van der Waals surface area contributed by atoms with E-state index < -0.39 is 0 Å². The highest BCUT2D eigenvalue weighted by atomic mass is 16.5. The van der Waals surface area contributed by atoms with Crippen LogP contribution in [-0.4, -0.2) is 25.7 Å². The van der Waals surface area contributed by atoms with Gasteiger partial charge in [0.2, 0.25) is 0 Å². The zero-order valence-electron chi connectivity index (χ0n) is 10.3. The Morgan fingerprint density at radius 2 is 1.87 bits per heavy atom. The van der Waals surface area contributed by atoms with Gasteiger partial charge in [0.15, 0.2) is 0 Å². The lowest BCUT2D eigenvalue weighted by Crippen LogP contribution is -2.24. The molecule has 0 bridgehead atoms. The summed E-state index contributed by atoms with van der Waals surface area (Å²) in [6, 6.07) is 0. The molecule has 0 aliphatic rings. The quantitative estimate of drug-likeness (QED) is 0.474. The molecule has 0 aliphatic heterocycles. The van der Waals surface area contributed by atoms with Gasteiger partial charge in [0.25, 0.3) is 0 Å². The second-order valence-corrected chi connectivity index (χ2v) is 3.78. The molecule has 90 valence electrons. The van der Waals surface area contributed by atoms with Crippen LogP contribution >= 0.6 is 0 Å². The van der Waals surface area contributed by atoms with Gasteiger partial charge in [-0.3, -0.25) is 4.79 Å². The maximum Gasteiger partial charge on any atom is 0.308 e. The first-order valence-electron chi connectivity index (χ1n) is 6.13. The van der Waals surface area contributed by atoms with E-state index in [0.717, 1.165) is 25.9 Å². The van der Waals surface area contributed by atoms with E-state index in [9.17, 15) is 4.79 Å². The Morgan fingerprint density at radius 1 is 1.20 bits per heavy atom. The Bertz CT molecular complexity index is 156. The van der Waals surface area contributed by atoms with Crippen LogP contribution in [0.25, 0.3) is 0 Å². The standard InChI is InChI=1S/C12H25NO2/c1-4-7-8-13-9-10-15-12(14)11(5-2)6-3/h11,13H,4-10H2,1-3H3. The van der Waals surface area contributed by atoms with Gasteiger partial charge in [0.1, 0.15) is 6.61 Å². The zero-order valence-corrected chi connectivity index (χ0v) is 10.3. The molecule has 1 N–H and O–H groups in total. The van der Waals surface area contributed by atoms with Gasteiger partial charge in [0.05, 0.1) is 5.92 Å². The molecule has 0 unspecified atom stereocenters. The van der Waals surface area contributed by atoms with Crippen LogP contribution in [0.4, 0.5) is 0 Å². The third-order valence-electron chi connectivity index (χ3n) is 2.55. The molecule has 0 saturated carbocycles. The molecule has 0 aromatic rings. The lowest BCUT2D eigenvalue weighted by molar-refractivity contribution is -0.148. The van der Waals surface area contributed by atoms with Gasteiger partial charge in [0, 0.05) is 6.54 Å². The molecule has 0 amide bonds. The molecule has 0 aromatic heterocycles. The fraction of sp³-hybridized carbons (Fsp3) is 0.917. The maximum atomic E-state index is 11.4. The number of nitrogens with one attached hydrogen (secondary N) is 1. The summed E-state index contributed by atoms with van der Waals surface area (Å²) >= 11 is 0. The number of rotatable bonds is 9. The minimum absolute atomic E-state index is 0.0442. The van der Waals surface area contributed by atoms with Crippen molar-refractivity contribution in [2.45, 2.75) is 46.5 Å². The number of esters is 1. The molecule has 0 spiro atoms. The largest absolute Gasteiger partial charge is 0.464 e. The van der Waals surface area contributed by atoms with Crippen molar-refractivity contribution in [3.63, 3.8) is 0 Å². The molecule has 0 radical (unpaired) electrons. The monoisotopic (exact) mass is 215 g/mol. The highest BCUT2D eigenvalue weighted by Crippen LogP contribution is 2.08. The SMILES string of the molecule is CCCCNCCOC(=O)C(CC)CC. The highest BCUT2D eigenvalue weighted by molar-refractivity contribution is 5.72. The van der Waals surface area contributed by atoms with Crippen LogP contribution in [0.1, 0.15) is 46.5 Å². The van der Waals surface area contributed by atoms with Crippen LogP contribution in [0, 0.1) is 5.92 Å². The average molecular weight is 215 g/mol. The molecular weight excluding hydrogens is 190 g/mol. The van der Waals surface area contributed by atoms with Crippen molar-refractivity contribution in [1.82, 2.24) is 5.32 Å². The van der Waals surface area contributed by atoms with Crippen LogP contribution < -0.4 is 5.32 Å². The van der Waals surface area contributed by atoms with Gasteiger partial charge < -0.3 is 10.1 Å². The lowest BCUT2D eigenvalue weighted by Gasteiger charge is -2.12. The third-order valence-corrected chi connectivity index (χ3v) is 2.55. The van der Waals surface area contributed by atoms with Gasteiger partial charge in [-0.25, -0.2) is 0 Å². The van der Waals surface area contributed by atoms with Crippen molar-refractivity contribution in [1.29, 1.82) is 0 Å². The van der Waals surface area contributed by atoms with Gasteiger partial charge in [-0.1, -0.05) is 27.2 Å². The van der Waals surface area contributed by atoms with Crippen molar-refractivity contribution >= 4 is 5.97 Å². The van der Waals surface area contributed by atoms with Crippen molar-refractivity contribution < 1.29 is 9.53 Å². The van der Waals surface area contributed by atoms with Crippen molar-refractivity contribution in [3.8, 4) is 0 Å². The first kappa shape index (κ1) is 14.4. The normalized spacial score (nSPS) is 10.7. The van der Waals surface area contributed by atoms with Crippen LogP contribution in [-0.2, 0) is 9.53 Å². The minimum atomic E-state index is -0.0442. The van der Waals surface area contributed by atoms with Gasteiger partial charge in [-0.15, -0.1) is 0 Å². The summed E-state index contributed by atoms with van der Waals surface area (Å²) in [5.41, 5.74) is 0. The number of ether oxygens (including phenoxy) is 1. The Morgan fingerprint density at radius 3 is 2.40 bits per heavy atom. The molecule has 3 heteroatoms. The number of unbranched alkanes of at least 4 members (excludes halogenated alkanes) is 1. The fourth-order valence-electron chi connectivity index (χ4n) is 1.39. The summed E-state index contributed by atoms with van der Waals surface area (Å²) in [7, 11) is 0. The van der Waals surface area contributed by atoms with E-state index in [1.807, 2.05) is 13.8 Å². The minimum Gasteiger partial charge on any atom is -0.464 e. The van der Waals surface area contributed by atoms with E-state index in [-0.39, 0.29) is 11.9 Å². The predicted octanol–water partition coefficient (Wildman–Crippen LogP) is 2.36. The number of hydrogen-bond acceptors (Lipinski definition) is 3. The lowest BCUT2D eigenvalue weighted by atomic mass is 10.0. The maximum absolute atomic E-state index is 11.4. The molecule has 0 aromatic carbocycles. The molecule has 3 nitrogen and oxygen atoms in total. The van der Waals surface area contributed by atoms with Crippen LogP contribution in [0.15, 0.2) is 0 Å². The van der Waals surface area contributed by atoms with Crippen molar-refractivity contribution in [2.75, 3.05) is 19.7 Å². The Balaban J connectivity index is 3.38. The second kappa shape index (κ2) is 9.97. The number of hydrogen-bond donors (Lipinski definition) is 1. The van der Waals surface area contributed by atoms with Gasteiger partial charge in [-0.2, -0.15) is 0 Å². The van der Waals surface area contributed by atoms with E-state index >= 15 is 0 Å². The summed E-state index contributed by atoms with van der Waals surface area (Å²) in [5.74, 6) is 0.0398. The molecule has 15 heavy (non-hydrogen) atoms. The van der Waals surface area contributed by atoms with Crippen molar-refractivity contribution in [2.24, 2.45) is 5.92 Å². The van der Waals surface area contributed by atoms with Crippen molar-refractivity contribution in [3.05, 3.63) is 0 Å². The number of carbonyl (C=O) groups excluding carboxylic acids is 1. The summed E-state index contributed by atoms with van der Waals surface area (Å²) in [6.07, 6.45) is 4.12. The van der Waals surface area contributed by atoms with E-state index in [4.69, 9.17) is 4.74 Å². The molecule has 0 heterocycles. The summed E-state index contributed by atoms with van der Waals surface area (Å²) in [6.45, 7) is 8.49. The Hall–Kier alpha value is -0.570. The second-order valence-electron chi connectivity index (χ2n) is 3.78. The first-order valence-corrected chi connectivity index (χ1v) is 6.13. The molecule has 0 aliphatic carbocycles. The molecule has 0 saturated heterocycles. The summed E-state index contributed by atoms with van der Waals surface area (Å²) in [5, 5.41) is 3.24. The van der Waals surface area contributed by atoms with E-state index in [1.54, 1.807) is 0 Å². The van der Waals surface area contributed by atoms with Gasteiger partial charge in [-0.05, 0) is 25.8 Å². The molecule has 0 rings (SSSR count). The van der Waals surface area contributed by atoms with E-state index in [0.29, 0.717) is 6.61 Å². The summed E-state index contributed by atoms with van der Waals surface area (Å²) < 4.78 is 5.16. The zero-order chi connectivity index (χ0) is 11.5. The highest BCUT2D eigenvalue weighted by Gasteiger charge is 2.14. The Kier molecular flexibility index (Phi) is 9.59. The van der Waals surface area contributed by atoms with E-state index in [1.165, 1.54) is 12.8 Å². The third kappa shape index (κ3) is 7.37. The predicted molar refractivity (Wildman–Crippen MR) is 62.8 cm³/mol. The molecule has 0 fully saturated rings. The Labute approximate surface area is 93.6 Å². The number of carbonyl (C=O) groups is 1. The van der Waals surface area contributed by atoms with Crippen LogP contribution in [0.3, 0.4) is 0 Å². The molecule has 0 atom stereocenters. The topological polar surface area (TPSA) is 38.3 Å². The van der Waals surface area contributed by atoms with Crippen LogP contribution in [0.5, 0.6) is 0 Å². The fourth-order valence-corrected chi connectivity index (χ4v) is 1.39. The van der Waals surface area contributed by atoms with Crippen LogP contribution in [0.2, 0.25) is 0 Å². The average Bonchev–Trinajstić information content (AvgIpc) is 2.25.